The molecule has 0 aromatic heterocycles. The summed E-state index contributed by atoms with van der Waals surface area (Å²) in [5.74, 6) is -0.261. The first kappa shape index (κ1) is 35.0. The molecule has 47 heavy (non-hydrogen) atoms. The van der Waals surface area contributed by atoms with E-state index in [0.29, 0.717) is 12.2 Å². The summed E-state index contributed by atoms with van der Waals surface area (Å²) in [6.45, 7) is 5.32. The van der Waals surface area contributed by atoms with E-state index in [2.05, 4.69) is 5.32 Å². The molecule has 1 N–H and O–H groups in total. The van der Waals surface area contributed by atoms with E-state index in [-0.39, 0.29) is 41.2 Å². The molecule has 4 aromatic carbocycles. The van der Waals surface area contributed by atoms with E-state index in [9.17, 15) is 18.0 Å². The topological polar surface area (TPSA) is 105 Å². The van der Waals surface area contributed by atoms with Crippen LogP contribution in [0.4, 0.5) is 5.69 Å². The molecule has 0 radical (unpaired) electrons. The minimum Gasteiger partial charge on any atom is -0.497 e. The molecule has 0 bridgehead atoms. The minimum atomic E-state index is -4.30. The lowest BCUT2D eigenvalue weighted by atomic mass is 10.0. The van der Waals surface area contributed by atoms with Crippen LogP contribution in [0.1, 0.15) is 37.0 Å². The molecule has 248 valence electrons. The van der Waals surface area contributed by atoms with Crippen LogP contribution in [0.15, 0.2) is 108 Å². The molecule has 9 nitrogen and oxygen atoms in total. The second-order valence-corrected chi connectivity index (χ2v) is 13.3. The molecule has 0 saturated carbocycles. The Bertz CT molecular complexity index is 1750. The summed E-state index contributed by atoms with van der Waals surface area (Å²) >= 11 is 0. The van der Waals surface area contributed by atoms with E-state index in [0.717, 1.165) is 21.0 Å². The van der Waals surface area contributed by atoms with Crippen molar-refractivity contribution in [2.75, 3.05) is 25.1 Å². The summed E-state index contributed by atoms with van der Waals surface area (Å²) in [6.07, 6.45) is 0.933. The summed E-state index contributed by atoms with van der Waals surface area (Å²) < 4.78 is 40.7. The van der Waals surface area contributed by atoms with Crippen LogP contribution < -0.4 is 19.1 Å². The number of rotatable bonds is 15. The number of nitrogens with one attached hydrogen (secondary N) is 1. The van der Waals surface area contributed by atoms with Crippen LogP contribution in [-0.4, -0.2) is 58.0 Å². The number of ether oxygens (including phenoxy) is 2. The zero-order valence-corrected chi connectivity index (χ0v) is 28.4. The fourth-order valence-electron chi connectivity index (χ4n) is 5.23. The molecule has 0 unspecified atom stereocenters. The highest BCUT2D eigenvalue weighted by molar-refractivity contribution is 7.92. The zero-order chi connectivity index (χ0) is 34.0. The van der Waals surface area contributed by atoms with Gasteiger partial charge < -0.3 is 19.7 Å². The van der Waals surface area contributed by atoms with Crippen LogP contribution in [0.3, 0.4) is 0 Å². The van der Waals surface area contributed by atoms with Gasteiger partial charge in [-0.25, -0.2) is 8.42 Å². The van der Waals surface area contributed by atoms with Gasteiger partial charge in [0.05, 0.1) is 24.8 Å². The lowest BCUT2D eigenvalue weighted by Crippen LogP contribution is -2.54. The van der Waals surface area contributed by atoms with Gasteiger partial charge in [0.1, 0.15) is 24.1 Å². The maximum atomic E-state index is 14.7. The number of hydrogen-bond acceptors (Lipinski definition) is 6. The maximum Gasteiger partial charge on any atom is 0.264 e. The van der Waals surface area contributed by atoms with E-state index < -0.39 is 28.5 Å². The summed E-state index contributed by atoms with van der Waals surface area (Å²) in [6, 6.07) is 28.8. The molecule has 10 heteroatoms. The number of benzene rings is 4. The van der Waals surface area contributed by atoms with Gasteiger partial charge in [-0.15, -0.1) is 0 Å². The molecule has 0 aliphatic carbocycles. The molecule has 0 spiro atoms. The standard InChI is InChI=1S/C37H43N3O6S/c1-6-28(3)38-37(42)34(23-29-15-9-7-10-16-29)39(25-30-17-13-14-27(2)22-30)36(41)26-40(47(43,44)32-18-11-8-12-19-32)33-24-31(45-4)20-21-35(33)46-5/h7-22,24,28,34H,6,23,25-26H2,1-5H3,(H,38,42)/t28-,34-/m1/s1. The Balaban J connectivity index is 1.86. The highest BCUT2D eigenvalue weighted by Gasteiger charge is 2.36. The lowest BCUT2D eigenvalue weighted by Gasteiger charge is -2.34. The molecule has 0 aliphatic rings. The second kappa shape index (κ2) is 16.1. The Morgan fingerprint density at radius 1 is 0.830 bits per heavy atom. The Hall–Kier alpha value is -4.83. The van der Waals surface area contributed by atoms with Crippen molar-refractivity contribution >= 4 is 27.5 Å². The van der Waals surface area contributed by atoms with Gasteiger partial charge in [0, 0.05) is 25.1 Å². The van der Waals surface area contributed by atoms with Crippen LogP contribution in [0.25, 0.3) is 0 Å². The van der Waals surface area contributed by atoms with Gasteiger partial charge in [0.25, 0.3) is 10.0 Å². The third-order valence-corrected chi connectivity index (χ3v) is 9.75. The van der Waals surface area contributed by atoms with Gasteiger partial charge in [-0.05, 0) is 55.7 Å². The van der Waals surface area contributed by atoms with Gasteiger partial charge >= 0.3 is 0 Å². The number of nitrogens with zero attached hydrogens (tertiary/aromatic N) is 2. The average molecular weight is 658 g/mol. The van der Waals surface area contributed by atoms with Crippen molar-refractivity contribution in [2.24, 2.45) is 0 Å². The Kier molecular flexibility index (Phi) is 12.0. The first-order valence-electron chi connectivity index (χ1n) is 15.6. The first-order valence-corrected chi connectivity index (χ1v) is 17.0. The smallest absolute Gasteiger partial charge is 0.264 e. The number of aryl methyl sites for hydroxylation is 1. The maximum absolute atomic E-state index is 14.7. The molecule has 2 atom stereocenters. The summed E-state index contributed by atoms with van der Waals surface area (Å²) in [7, 11) is -1.40. The predicted octanol–water partition coefficient (Wildman–Crippen LogP) is 5.76. The Morgan fingerprint density at radius 2 is 1.49 bits per heavy atom. The van der Waals surface area contributed by atoms with Crippen molar-refractivity contribution in [1.82, 2.24) is 10.2 Å². The summed E-state index contributed by atoms with van der Waals surface area (Å²) in [4.78, 5) is 30.2. The SMILES string of the molecule is CC[C@@H](C)NC(=O)[C@@H](Cc1ccccc1)N(Cc1cccc(C)c1)C(=O)CN(c1cc(OC)ccc1OC)S(=O)(=O)c1ccccc1. The molecule has 0 aliphatic heterocycles. The van der Waals surface area contributed by atoms with Crippen molar-refractivity contribution in [2.45, 2.75) is 57.1 Å². The molecule has 4 aromatic rings. The van der Waals surface area contributed by atoms with Crippen LogP contribution >= 0.6 is 0 Å². The van der Waals surface area contributed by atoms with Crippen molar-refractivity contribution in [3.05, 3.63) is 120 Å². The highest BCUT2D eigenvalue weighted by Crippen LogP contribution is 2.36. The largest absolute Gasteiger partial charge is 0.497 e. The third kappa shape index (κ3) is 8.92. The lowest BCUT2D eigenvalue weighted by molar-refractivity contribution is -0.140. The van der Waals surface area contributed by atoms with E-state index in [1.165, 1.54) is 37.3 Å². The molecule has 4 rings (SSSR count). The normalized spacial score (nSPS) is 12.4. The predicted molar refractivity (Wildman–Crippen MR) is 184 cm³/mol. The molecule has 0 fully saturated rings. The zero-order valence-electron chi connectivity index (χ0n) is 27.6. The number of sulfonamides is 1. The fourth-order valence-corrected chi connectivity index (χ4v) is 6.66. The highest BCUT2D eigenvalue weighted by atomic mass is 32.2. The van der Waals surface area contributed by atoms with Crippen LogP contribution in [-0.2, 0) is 32.6 Å². The fraction of sp³-hybridized carbons (Fsp3) is 0.297. The molecule has 0 saturated heterocycles. The molecule has 2 amide bonds. The molecular formula is C37H43N3O6S. The van der Waals surface area contributed by atoms with Crippen molar-refractivity contribution < 1.29 is 27.5 Å². The third-order valence-electron chi connectivity index (χ3n) is 7.97. The summed E-state index contributed by atoms with van der Waals surface area (Å²) in [5, 5.41) is 3.06. The first-order chi connectivity index (χ1) is 22.6. The van der Waals surface area contributed by atoms with E-state index in [4.69, 9.17) is 9.47 Å². The van der Waals surface area contributed by atoms with E-state index in [1.54, 1.807) is 30.3 Å². The van der Waals surface area contributed by atoms with Gasteiger partial charge in [0.15, 0.2) is 0 Å². The monoisotopic (exact) mass is 657 g/mol. The van der Waals surface area contributed by atoms with Crippen LogP contribution in [0.5, 0.6) is 11.5 Å². The Morgan fingerprint density at radius 3 is 2.11 bits per heavy atom. The molecular weight excluding hydrogens is 614 g/mol. The van der Waals surface area contributed by atoms with Crippen molar-refractivity contribution in [3.8, 4) is 11.5 Å². The van der Waals surface area contributed by atoms with Gasteiger partial charge in [-0.2, -0.15) is 0 Å². The van der Waals surface area contributed by atoms with Crippen LogP contribution in [0.2, 0.25) is 0 Å². The average Bonchev–Trinajstić information content (AvgIpc) is 3.09. The quantitative estimate of drug-likeness (QED) is 0.174. The van der Waals surface area contributed by atoms with E-state index >= 15 is 0 Å². The van der Waals surface area contributed by atoms with Gasteiger partial charge in [0.2, 0.25) is 11.8 Å². The summed E-state index contributed by atoms with van der Waals surface area (Å²) in [5.41, 5.74) is 2.79. The number of hydrogen-bond donors (Lipinski definition) is 1. The number of amides is 2. The van der Waals surface area contributed by atoms with Crippen LogP contribution in [0, 0.1) is 6.92 Å². The number of methoxy groups -OCH3 is 2. The number of carbonyl (C=O) groups is 2. The minimum absolute atomic E-state index is 0.00161. The van der Waals surface area contributed by atoms with Gasteiger partial charge in [-0.3, -0.25) is 13.9 Å². The molecule has 0 heterocycles. The Labute approximate surface area is 278 Å². The van der Waals surface area contributed by atoms with Gasteiger partial charge in [-0.1, -0.05) is 85.3 Å². The van der Waals surface area contributed by atoms with Crippen molar-refractivity contribution in [1.29, 1.82) is 0 Å². The van der Waals surface area contributed by atoms with E-state index in [1.807, 2.05) is 75.4 Å². The number of carbonyl (C=O) groups excluding carboxylic acids is 2. The van der Waals surface area contributed by atoms with Crippen molar-refractivity contribution in [3.63, 3.8) is 0 Å². The number of anilines is 1. The second-order valence-electron chi connectivity index (χ2n) is 11.4.